The van der Waals surface area contributed by atoms with Crippen molar-refractivity contribution in [2.45, 2.75) is 12.8 Å². The molecule has 1 aromatic heterocycles. The Morgan fingerprint density at radius 2 is 1.83 bits per heavy atom. The molecule has 0 atom stereocenters. The molecule has 0 radical (unpaired) electrons. The molecular weight excluding hydrogens is 322 g/mol. The number of halogens is 1. The first-order valence-electron chi connectivity index (χ1n) is 7.86. The zero-order chi connectivity index (χ0) is 16.7. The Kier molecular flexibility index (Phi) is 3.66. The first-order valence-corrected chi connectivity index (χ1v) is 8.24. The highest BCUT2D eigenvalue weighted by molar-refractivity contribution is 6.30. The highest BCUT2D eigenvalue weighted by Crippen LogP contribution is 2.41. The van der Waals surface area contributed by atoms with Crippen molar-refractivity contribution in [3.05, 3.63) is 70.4 Å². The van der Waals surface area contributed by atoms with Crippen LogP contribution >= 0.6 is 11.6 Å². The number of H-pyrrole nitrogens is 1. The van der Waals surface area contributed by atoms with Crippen LogP contribution in [0.1, 0.15) is 21.6 Å². The largest absolute Gasteiger partial charge is 0.464 e. The van der Waals surface area contributed by atoms with Crippen LogP contribution in [0.15, 0.2) is 48.5 Å². The minimum atomic E-state index is -0.355. The molecule has 3 nitrogen and oxygen atoms in total. The number of hydrogen-bond donors (Lipinski definition) is 1. The summed E-state index contributed by atoms with van der Waals surface area (Å²) in [5.41, 5.74) is 7.02. The van der Waals surface area contributed by atoms with Gasteiger partial charge < -0.3 is 9.72 Å². The lowest BCUT2D eigenvalue weighted by atomic mass is 9.87. The van der Waals surface area contributed by atoms with E-state index in [2.05, 4.69) is 17.1 Å². The molecule has 0 bridgehead atoms. The molecule has 2 aromatic carbocycles. The molecule has 1 aliphatic carbocycles. The number of benzene rings is 2. The Bertz CT molecular complexity index is 925. The van der Waals surface area contributed by atoms with E-state index >= 15 is 0 Å². The molecule has 0 spiro atoms. The third-order valence-electron chi connectivity index (χ3n) is 4.56. The number of aromatic amines is 1. The number of ether oxygens (including phenoxy) is 1. The molecule has 0 unspecified atom stereocenters. The Balaban J connectivity index is 1.98. The van der Waals surface area contributed by atoms with E-state index in [1.807, 2.05) is 36.4 Å². The first-order chi connectivity index (χ1) is 11.7. The quantitative estimate of drug-likeness (QED) is 0.677. The summed E-state index contributed by atoms with van der Waals surface area (Å²) in [7, 11) is 1.40. The monoisotopic (exact) mass is 337 g/mol. The van der Waals surface area contributed by atoms with Gasteiger partial charge in [0.2, 0.25) is 0 Å². The summed E-state index contributed by atoms with van der Waals surface area (Å²) in [5.74, 6) is -0.355. The smallest absolute Gasteiger partial charge is 0.355 e. The van der Waals surface area contributed by atoms with E-state index in [1.165, 1.54) is 12.7 Å². The van der Waals surface area contributed by atoms with Gasteiger partial charge in [-0.15, -0.1) is 0 Å². The van der Waals surface area contributed by atoms with Gasteiger partial charge in [0.05, 0.1) is 12.8 Å². The van der Waals surface area contributed by atoms with Crippen molar-refractivity contribution in [3.8, 4) is 22.4 Å². The summed E-state index contributed by atoms with van der Waals surface area (Å²) in [5, 5.41) is 0.674. The fourth-order valence-electron chi connectivity index (χ4n) is 3.45. The second-order valence-electron chi connectivity index (χ2n) is 5.88. The molecular formula is C20H16ClNO2. The number of methoxy groups -OCH3 is 1. The van der Waals surface area contributed by atoms with E-state index < -0.39 is 0 Å². The van der Waals surface area contributed by atoms with Gasteiger partial charge in [0.25, 0.3) is 0 Å². The van der Waals surface area contributed by atoms with E-state index in [0.717, 1.165) is 40.8 Å². The molecule has 0 saturated heterocycles. The lowest BCUT2D eigenvalue weighted by Crippen LogP contribution is -2.04. The van der Waals surface area contributed by atoms with Gasteiger partial charge in [0, 0.05) is 16.1 Å². The van der Waals surface area contributed by atoms with Gasteiger partial charge in [-0.05, 0) is 41.7 Å². The summed E-state index contributed by atoms with van der Waals surface area (Å²) < 4.78 is 4.99. The Hall–Kier alpha value is -2.52. The molecule has 0 amide bonds. The topological polar surface area (TPSA) is 42.1 Å². The van der Waals surface area contributed by atoms with Crippen LogP contribution < -0.4 is 0 Å². The van der Waals surface area contributed by atoms with Gasteiger partial charge in [-0.3, -0.25) is 0 Å². The average Bonchev–Trinajstić information content (AvgIpc) is 3.01. The summed E-state index contributed by atoms with van der Waals surface area (Å²) >= 11 is 6.01. The molecule has 1 aliphatic rings. The highest BCUT2D eigenvalue weighted by Gasteiger charge is 2.27. The van der Waals surface area contributed by atoms with Crippen LogP contribution in [0.3, 0.4) is 0 Å². The van der Waals surface area contributed by atoms with Crippen molar-refractivity contribution in [1.82, 2.24) is 4.98 Å². The molecule has 120 valence electrons. The van der Waals surface area contributed by atoms with Crippen LogP contribution in [-0.2, 0) is 17.6 Å². The number of fused-ring (bicyclic) bond motifs is 3. The highest BCUT2D eigenvalue weighted by atomic mass is 35.5. The number of rotatable bonds is 2. The van der Waals surface area contributed by atoms with E-state index in [4.69, 9.17) is 16.3 Å². The lowest BCUT2D eigenvalue weighted by molar-refractivity contribution is 0.0596. The second-order valence-corrected chi connectivity index (χ2v) is 6.32. The number of carbonyl (C=O) groups is 1. The molecule has 0 saturated carbocycles. The van der Waals surface area contributed by atoms with Crippen molar-refractivity contribution < 1.29 is 9.53 Å². The van der Waals surface area contributed by atoms with Gasteiger partial charge in [0.1, 0.15) is 5.69 Å². The number of nitrogens with one attached hydrogen (secondary N) is 1. The van der Waals surface area contributed by atoms with Gasteiger partial charge in [0.15, 0.2) is 0 Å². The van der Waals surface area contributed by atoms with Gasteiger partial charge in [-0.1, -0.05) is 48.0 Å². The van der Waals surface area contributed by atoms with Gasteiger partial charge in [-0.2, -0.15) is 0 Å². The zero-order valence-electron chi connectivity index (χ0n) is 13.2. The molecule has 4 heteroatoms. The summed E-state index contributed by atoms with van der Waals surface area (Å²) in [4.78, 5) is 15.6. The third kappa shape index (κ3) is 2.33. The standard InChI is InChI=1S/C20H16ClNO2/c1-24-20(23)19-17(13-6-9-14(21)10-7-13)16-11-8-12-4-2-3-5-15(12)18(16)22-19/h2-7,9-10,22H,8,11H2,1H3. The minimum Gasteiger partial charge on any atom is -0.464 e. The molecule has 1 heterocycles. The van der Waals surface area contributed by atoms with Crippen molar-refractivity contribution in [2.75, 3.05) is 7.11 Å². The van der Waals surface area contributed by atoms with Crippen molar-refractivity contribution in [2.24, 2.45) is 0 Å². The lowest BCUT2D eigenvalue weighted by Gasteiger charge is -2.17. The number of carbonyl (C=O) groups excluding carboxylic acids is 1. The molecule has 24 heavy (non-hydrogen) atoms. The number of esters is 1. The van der Waals surface area contributed by atoms with Crippen LogP contribution in [0, 0.1) is 0 Å². The van der Waals surface area contributed by atoms with Gasteiger partial charge in [-0.25, -0.2) is 4.79 Å². The van der Waals surface area contributed by atoms with Crippen molar-refractivity contribution in [1.29, 1.82) is 0 Å². The van der Waals surface area contributed by atoms with Crippen molar-refractivity contribution in [3.63, 3.8) is 0 Å². The average molecular weight is 338 g/mol. The van der Waals surface area contributed by atoms with E-state index in [-0.39, 0.29) is 5.97 Å². The molecule has 4 rings (SSSR count). The minimum absolute atomic E-state index is 0.355. The number of aryl methyl sites for hydroxylation is 1. The fourth-order valence-corrected chi connectivity index (χ4v) is 3.58. The molecule has 1 N–H and O–H groups in total. The van der Waals surface area contributed by atoms with Crippen LogP contribution in [-0.4, -0.2) is 18.1 Å². The number of hydrogen-bond acceptors (Lipinski definition) is 2. The number of aromatic nitrogens is 1. The maximum atomic E-state index is 12.3. The maximum Gasteiger partial charge on any atom is 0.355 e. The maximum absolute atomic E-state index is 12.3. The molecule has 3 aromatic rings. The second kappa shape index (κ2) is 5.84. The van der Waals surface area contributed by atoms with Crippen molar-refractivity contribution >= 4 is 17.6 Å². The van der Waals surface area contributed by atoms with Crippen LogP contribution in [0.4, 0.5) is 0 Å². The normalized spacial score (nSPS) is 12.4. The Morgan fingerprint density at radius 3 is 2.58 bits per heavy atom. The molecule has 0 fully saturated rings. The summed E-state index contributed by atoms with van der Waals surface area (Å²) in [6, 6.07) is 15.9. The van der Waals surface area contributed by atoms with Crippen LogP contribution in [0.2, 0.25) is 5.02 Å². The van der Waals surface area contributed by atoms with Crippen LogP contribution in [0.5, 0.6) is 0 Å². The first kappa shape index (κ1) is 15.0. The Labute approximate surface area is 145 Å². The Morgan fingerprint density at radius 1 is 1.08 bits per heavy atom. The predicted octanol–water partition coefficient (Wildman–Crippen LogP) is 4.89. The van der Waals surface area contributed by atoms with E-state index in [9.17, 15) is 4.79 Å². The van der Waals surface area contributed by atoms with Crippen LogP contribution in [0.25, 0.3) is 22.4 Å². The van der Waals surface area contributed by atoms with E-state index in [0.29, 0.717) is 10.7 Å². The fraction of sp³-hybridized carbons (Fsp3) is 0.150. The van der Waals surface area contributed by atoms with Gasteiger partial charge >= 0.3 is 5.97 Å². The summed E-state index contributed by atoms with van der Waals surface area (Å²) in [6.45, 7) is 0. The summed E-state index contributed by atoms with van der Waals surface area (Å²) in [6.07, 6.45) is 1.85. The predicted molar refractivity (Wildman–Crippen MR) is 95.4 cm³/mol. The zero-order valence-corrected chi connectivity index (χ0v) is 14.0. The molecule has 0 aliphatic heterocycles. The third-order valence-corrected chi connectivity index (χ3v) is 4.81. The SMILES string of the molecule is COC(=O)c1[nH]c2c(c1-c1ccc(Cl)cc1)CCc1ccccc1-2. The van der Waals surface area contributed by atoms with E-state index in [1.54, 1.807) is 0 Å².